The molecule has 1 amide bonds. The molecule has 9 rings (SSSR count). The number of hydrogen-bond acceptors (Lipinski definition) is 15. The fourth-order valence-electron chi connectivity index (χ4n) is 7.09. The van der Waals surface area contributed by atoms with E-state index in [1.807, 2.05) is 63.2 Å². The van der Waals surface area contributed by atoms with Crippen LogP contribution >= 0.6 is 11.6 Å². The monoisotopic (exact) mass is 982 g/mol. The molecule has 8 aromatic rings. The van der Waals surface area contributed by atoms with E-state index in [9.17, 15) is 29.2 Å². The van der Waals surface area contributed by atoms with Crippen LogP contribution in [0.25, 0.3) is 43.6 Å². The van der Waals surface area contributed by atoms with Gasteiger partial charge in [-0.2, -0.15) is 4.73 Å². The van der Waals surface area contributed by atoms with Gasteiger partial charge in [0.05, 0.1) is 67.2 Å². The predicted molar refractivity (Wildman–Crippen MR) is 269 cm³/mol. The fourth-order valence-corrected chi connectivity index (χ4v) is 7.24. The van der Waals surface area contributed by atoms with Crippen molar-refractivity contribution in [3.8, 4) is 0 Å². The highest BCUT2D eigenvalue weighted by molar-refractivity contribution is 6.29. The fraction of sp³-hybridized carbons (Fsp3) is 0.226. The minimum absolute atomic E-state index is 0.274. The van der Waals surface area contributed by atoms with Gasteiger partial charge in [-0.25, -0.2) is 33.9 Å². The molecule has 4 aromatic heterocycles. The Bertz CT molecular complexity index is 3230. The highest BCUT2D eigenvalue weighted by atomic mass is 35.5. The number of hydrogen-bond donors (Lipinski definition) is 0. The van der Waals surface area contributed by atoms with E-state index in [2.05, 4.69) is 29.1 Å². The van der Waals surface area contributed by atoms with E-state index in [0.29, 0.717) is 59.1 Å². The van der Waals surface area contributed by atoms with E-state index in [1.54, 1.807) is 90.0 Å². The summed E-state index contributed by atoms with van der Waals surface area (Å²) in [7, 11) is 5.42. The largest absolute Gasteiger partial charge is 0.618 e. The molecule has 5 heterocycles. The van der Waals surface area contributed by atoms with Gasteiger partial charge in [0, 0.05) is 66.1 Å². The highest BCUT2D eigenvalue weighted by Crippen LogP contribution is 2.23. The summed E-state index contributed by atoms with van der Waals surface area (Å²) < 4.78 is 24.8. The number of rotatable bonds is 5. The molecule has 0 unspecified atom stereocenters. The van der Waals surface area contributed by atoms with Gasteiger partial charge in [-0.15, -0.1) is 0 Å². The van der Waals surface area contributed by atoms with Crippen LogP contribution in [-0.2, 0) is 23.7 Å². The molecule has 0 aliphatic carbocycles. The number of anilines is 1. The number of ether oxygens (including phenoxy) is 5. The number of halogens is 1. The van der Waals surface area contributed by atoms with Gasteiger partial charge in [0.25, 0.3) is 0 Å². The molecule has 366 valence electrons. The van der Waals surface area contributed by atoms with Crippen LogP contribution in [-0.4, -0.2) is 110 Å². The zero-order valence-electron chi connectivity index (χ0n) is 40.1. The number of pyridine rings is 4. The molecule has 1 fully saturated rings. The van der Waals surface area contributed by atoms with Crippen molar-refractivity contribution in [3.63, 3.8) is 0 Å². The molecule has 17 nitrogen and oxygen atoms in total. The van der Waals surface area contributed by atoms with Crippen LogP contribution in [0.15, 0.2) is 134 Å². The van der Waals surface area contributed by atoms with Gasteiger partial charge in [-0.1, -0.05) is 17.7 Å². The normalized spacial score (nSPS) is 12.0. The molecule has 0 N–H and O–H groups in total. The summed E-state index contributed by atoms with van der Waals surface area (Å²) in [6.07, 6.45) is 2.87. The van der Waals surface area contributed by atoms with Crippen molar-refractivity contribution >= 4 is 91.0 Å². The molecule has 71 heavy (non-hydrogen) atoms. The predicted octanol–water partition coefficient (Wildman–Crippen LogP) is 9.03. The minimum Gasteiger partial charge on any atom is -0.618 e. The quantitative estimate of drug-likeness (QED) is 0.0519. The topological polar surface area (TPSA) is 204 Å². The van der Waals surface area contributed by atoms with Crippen LogP contribution in [0, 0.1) is 5.21 Å². The summed E-state index contributed by atoms with van der Waals surface area (Å²) in [6, 6.07) is 35.1. The highest BCUT2D eigenvalue weighted by Gasteiger charge is 2.26. The van der Waals surface area contributed by atoms with Crippen molar-refractivity contribution in [2.45, 2.75) is 26.4 Å². The van der Waals surface area contributed by atoms with Crippen LogP contribution in [0.5, 0.6) is 0 Å². The van der Waals surface area contributed by atoms with Crippen LogP contribution in [0.2, 0.25) is 5.15 Å². The van der Waals surface area contributed by atoms with Crippen molar-refractivity contribution in [1.29, 1.82) is 0 Å². The second-order valence-electron chi connectivity index (χ2n) is 16.6. The number of esters is 4. The lowest BCUT2D eigenvalue weighted by atomic mass is 10.1. The minimum atomic E-state index is -0.489. The third-order valence-electron chi connectivity index (χ3n) is 10.6. The van der Waals surface area contributed by atoms with Gasteiger partial charge in [0.2, 0.25) is 5.52 Å². The van der Waals surface area contributed by atoms with E-state index < -0.39 is 11.6 Å². The number of carbonyl (C=O) groups is 5. The third-order valence-corrected chi connectivity index (χ3v) is 10.8. The van der Waals surface area contributed by atoms with E-state index in [1.165, 1.54) is 34.6 Å². The van der Waals surface area contributed by atoms with Gasteiger partial charge in [-0.05, 0) is 124 Å². The zero-order valence-corrected chi connectivity index (χ0v) is 40.8. The molecular formula is C53H51ClN6O11. The molecule has 1 saturated heterocycles. The maximum atomic E-state index is 12.2. The standard InChI is InChI=1S/C20H25N3O4.C11H8ClNO2.C11H9NO3.C11H9NO2/c1-20(2,3)27-19(25)23-11-9-22(10-12-23)17-8-6-14-13-15(18(24)26-4)5-7-16(14)21-17;1-15-11(14)8-2-4-9-7(6-8)3-5-10(12)13-9;1-15-11(13)9-4-5-10-8(7-9)3-2-6-12(10)14;1-14-11(13)9-4-5-10-8(7-9)3-2-6-12-10/h5-8,13H,9-12H2,1-4H3;2-6H,1H3;2-7H,1H3;2-7H,1H3. The van der Waals surface area contributed by atoms with E-state index in [4.69, 9.17) is 26.1 Å². The molecule has 18 heteroatoms. The average Bonchev–Trinajstić information content (AvgIpc) is 3.39. The van der Waals surface area contributed by atoms with Crippen LogP contribution in [0.3, 0.4) is 0 Å². The summed E-state index contributed by atoms with van der Waals surface area (Å²) >= 11 is 5.75. The Morgan fingerprint density at radius 2 is 1.03 bits per heavy atom. The lowest BCUT2D eigenvalue weighted by Crippen LogP contribution is -2.50. The van der Waals surface area contributed by atoms with E-state index in [0.717, 1.165) is 48.6 Å². The number of benzene rings is 4. The molecule has 1 aliphatic rings. The Kier molecular flexibility index (Phi) is 17.4. The SMILES string of the molecule is COC(=O)c1ccc2c(ccc[n+]2[O-])c1.COC(=O)c1ccc2nc(Cl)ccc2c1.COC(=O)c1ccc2nc(N3CCN(C(=O)OC(C)(C)C)CC3)ccc2c1.COC(=O)c1ccc2ncccc2c1. The molecule has 0 bridgehead atoms. The molecule has 0 radical (unpaired) electrons. The summed E-state index contributed by atoms with van der Waals surface area (Å²) in [4.78, 5) is 74.4. The number of aromatic nitrogens is 4. The zero-order chi connectivity index (χ0) is 51.2. The van der Waals surface area contributed by atoms with Crippen molar-refractivity contribution in [3.05, 3.63) is 166 Å². The number of nitrogens with zero attached hydrogens (tertiary/aromatic N) is 6. The van der Waals surface area contributed by atoms with Gasteiger partial charge < -0.3 is 38.7 Å². The first-order chi connectivity index (χ1) is 34.0. The van der Waals surface area contributed by atoms with Crippen LogP contribution < -0.4 is 9.63 Å². The van der Waals surface area contributed by atoms with E-state index >= 15 is 0 Å². The molecule has 4 aromatic carbocycles. The number of piperazine rings is 1. The number of carbonyl (C=O) groups excluding carboxylic acids is 5. The van der Waals surface area contributed by atoms with Crippen molar-refractivity contribution in [1.82, 2.24) is 19.9 Å². The van der Waals surface area contributed by atoms with Crippen molar-refractivity contribution in [2.75, 3.05) is 59.5 Å². The molecule has 1 aliphatic heterocycles. The average molecular weight is 983 g/mol. The smallest absolute Gasteiger partial charge is 0.410 e. The third kappa shape index (κ3) is 13.9. The Balaban J connectivity index is 0.000000162. The van der Waals surface area contributed by atoms with Gasteiger partial charge in [-0.3, -0.25) is 4.98 Å². The summed E-state index contributed by atoms with van der Waals surface area (Å²) in [5.74, 6) is -0.586. The summed E-state index contributed by atoms with van der Waals surface area (Å²) in [5.41, 5.74) is 4.50. The Morgan fingerprint density at radius 1 is 0.563 bits per heavy atom. The molecule has 0 atom stereocenters. The van der Waals surface area contributed by atoms with Gasteiger partial charge in [0.15, 0.2) is 6.20 Å². The van der Waals surface area contributed by atoms with Gasteiger partial charge >= 0.3 is 30.0 Å². The summed E-state index contributed by atoms with van der Waals surface area (Å²) in [5, 5.41) is 15.2. The Hall–Kier alpha value is -8.44. The first-order valence-corrected chi connectivity index (χ1v) is 22.4. The van der Waals surface area contributed by atoms with Crippen molar-refractivity contribution < 1.29 is 52.4 Å². The maximum absolute atomic E-state index is 12.2. The number of amides is 1. The first-order valence-electron chi connectivity index (χ1n) is 22.0. The van der Waals surface area contributed by atoms with Gasteiger partial charge in [0.1, 0.15) is 16.6 Å². The number of fused-ring (bicyclic) bond motifs is 4. The maximum Gasteiger partial charge on any atom is 0.410 e. The molecular weight excluding hydrogens is 932 g/mol. The van der Waals surface area contributed by atoms with Crippen LogP contribution in [0.1, 0.15) is 62.2 Å². The van der Waals surface area contributed by atoms with Crippen molar-refractivity contribution in [2.24, 2.45) is 0 Å². The Labute approximate surface area is 414 Å². The Morgan fingerprint density at radius 3 is 1.56 bits per heavy atom. The van der Waals surface area contributed by atoms with E-state index in [-0.39, 0.29) is 24.0 Å². The second-order valence-corrected chi connectivity index (χ2v) is 16.9. The summed E-state index contributed by atoms with van der Waals surface area (Å²) in [6.45, 7) is 8.17. The molecule has 0 spiro atoms. The lowest BCUT2D eigenvalue weighted by molar-refractivity contribution is -0.577. The number of methoxy groups -OCH3 is 4. The lowest BCUT2D eigenvalue weighted by Gasteiger charge is -2.36. The van der Waals surface area contributed by atoms with Crippen LogP contribution in [0.4, 0.5) is 10.6 Å². The first kappa shape index (κ1) is 51.9. The second kappa shape index (κ2) is 23.7. The molecule has 0 saturated carbocycles.